The van der Waals surface area contributed by atoms with Crippen molar-refractivity contribution in [1.29, 1.82) is 0 Å². The van der Waals surface area contributed by atoms with E-state index in [1.807, 2.05) is 5.32 Å². The number of nitrogens with zero attached hydrogens (tertiary/aromatic N) is 1. The molecule has 1 fully saturated rings. The highest BCUT2D eigenvalue weighted by Crippen LogP contribution is 2.19. The summed E-state index contributed by atoms with van der Waals surface area (Å²) in [6, 6.07) is 2.95. The van der Waals surface area contributed by atoms with Crippen molar-refractivity contribution in [3.63, 3.8) is 0 Å². The Hall–Kier alpha value is -1.57. The van der Waals surface area contributed by atoms with E-state index >= 15 is 0 Å². The second-order valence-electron chi connectivity index (χ2n) is 4.51. The third kappa shape index (κ3) is 3.50. The molecule has 1 aromatic heterocycles. The van der Waals surface area contributed by atoms with Crippen LogP contribution in [0.1, 0.15) is 22.5 Å². The van der Waals surface area contributed by atoms with Gasteiger partial charge in [0.25, 0.3) is 5.91 Å². The Kier molecular flexibility index (Phi) is 4.32. The molecule has 2 heterocycles. The summed E-state index contributed by atoms with van der Waals surface area (Å²) in [5, 5.41) is 3.75. The molecule has 8 heteroatoms. The minimum atomic E-state index is -4.86. The van der Waals surface area contributed by atoms with Gasteiger partial charge < -0.3 is 10.2 Å². The molecule has 0 saturated carbocycles. The van der Waals surface area contributed by atoms with Crippen LogP contribution in [-0.2, 0) is 4.79 Å². The minimum absolute atomic E-state index is 0.111. The van der Waals surface area contributed by atoms with Crippen LogP contribution in [0.4, 0.5) is 13.2 Å². The maximum Gasteiger partial charge on any atom is 0.471 e. The number of carbonyl (C=O) groups excluding carboxylic acids is 2. The van der Waals surface area contributed by atoms with Crippen molar-refractivity contribution >= 4 is 23.2 Å². The molecule has 2 amide bonds. The number of rotatable bonds is 2. The smallest absolute Gasteiger partial charge is 0.345 e. The Balaban J connectivity index is 1.84. The van der Waals surface area contributed by atoms with Gasteiger partial charge in [-0.2, -0.15) is 13.2 Å². The second-order valence-corrected chi connectivity index (χ2v) is 5.46. The lowest BCUT2D eigenvalue weighted by molar-refractivity contribution is -0.174. The molecular weight excluding hydrogens is 293 g/mol. The molecule has 0 atom stereocenters. The average Bonchev–Trinajstić information content (AvgIpc) is 2.91. The van der Waals surface area contributed by atoms with Crippen molar-refractivity contribution in [2.45, 2.75) is 25.1 Å². The highest BCUT2D eigenvalue weighted by atomic mass is 32.1. The molecule has 0 bridgehead atoms. The first-order valence-electron chi connectivity index (χ1n) is 6.08. The third-order valence-corrected chi connectivity index (χ3v) is 3.96. The van der Waals surface area contributed by atoms with Gasteiger partial charge in [0, 0.05) is 19.1 Å². The van der Waals surface area contributed by atoms with Crippen molar-refractivity contribution < 1.29 is 22.8 Å². The zero-order chi connectivity index (χ0) is 14.8. The van der Waals surface area contributed by atoms with E-state index in [4.69, 9.17) is 0 Å². The van der Waals surface area contributed by atoms with Gasteiger partial charge in [0.1, 0.15) is 0 Å². The van der Waals surface area contributed by atoms with Crippen LogP contribution in [0.2, 0.25) is 0 Å². The Morgan fingerprint density at radius 3 is 2.45 bits per heavy atom. The van der Waals surface area contributed by atoms with Crippen LogP contribution in [0, 0.1) is 0 Å². The van der Waals surface area contributed by atoms with Gasteiger partial charge in [0.15, 0.2) is 0 Å². The molecule has 0 aliphatic carbocycles. The zero-order valence-corrected chi connectivity index (χ0v) is 11.3. The molecule has 4 nitrogen and oxygen atoms in total. The van der Waals surface area contributed by atoms with E-state index in [2.05, 4.69) is 0 Å². The van der Waals surface area contributed by atoms with Gasteiger partial charge in [-0.3, -0.25) is 9.59 Å². The molecule has 0 spiro atoms. The fourth-order valence-corrected chi connectivity index (χ4v) is 2.74. The predicted octanol–water partition coefficient (Wildman–Crippen LogP) is 2.03. The highest BCUT2D eigenvalue weighted by Gasteiger charge is 2.40. The van der Waals surface area contributed by atoms with Crippen molar-refractivity contribution in [3.8, 4) is 0 Å². The molecule has 0 radical (unpaired) electrons. The van der Waals surface area contributed by atoms with Gasteiger partial charge in [0.2, 0.25) is 0 Å². The number of hydrogen-bond donors (Lipinski definition) is 1. The summed E-state index contributed by atoms with van der Waals surface area (Å²) in [6.07, 6.45) is -4.19. The molecule has 110 valence electrons. The first-order valence-corrected chi connectivity index (χ1v) is 6.96. The first-order chi connectivity index (χ1) is 9.38. The van der Waals surface area contributed by atoms with E-state index in [1.165, 1.54) is 11.3 Å². The predicted molar refractivity (Wildman–Crippen MR) is 67.4 cm³/mol. The fraction of sp³-hybridized carbons (Fsp3) is 0.500. The molecular formula is C12H13F3N2O2S. The quantitative estimate of drug-likeness (QED) is 0.909. The van der Waals surface area contributed by atoms with Gasteiger partial charge in [-0.15, -0.1) is 11.3 Å². The molecule has 1 aromatic rings. The Morgan fingerprint density at radius 2 is 1.95 bits per heavy atom. The number of amides is 2. The Morgan fingerprint density at radius 1 is 1.30 bits per heavy atom. The van der Waals surface area contributed by atoms with E-state index in [-0.39, 0.29) is 5.91 Å². The first kappa shape index (κ1) is 14.8. The number of thiophene rings is 1. The lowest BCUT2D eigenvalue weighted by Crippen LogP contribution is -2.49. The normalized spacial score (nSPS) is 17.1. The van der Waals surface area contributed by atoms with Crippen LogP contribution in [0.5, 0.6) is 0 Å². The average molecular weight is 306 g/mol. The zero-order valence-electron chi connectivity index (χ0n) is 10.4. The lowest BCUT2D eigenvalue weighted by atomic mass is 10.0. The number of carbonyl (C=O) groups is 2. The van der Waals surface area contributed by atoms with Crippen LogP contribution in [-0.4, -0.2) is 42.0 Å². The fourth-order valence-electron chi connectivity index (χ4n) is 2.05. The maximum atomic E-state index is 12.1. The topological polar surface area (TPSA) is 49.4 Å². The lowest BCUT2D eigenvalue weighted by Gasteiger charge is -2.32. The van der Waals surface area contributed by atoms with Crippen molar-refractivity contribution in [3.05, 3.63) is 22.4 Å². The highest BCUT2D eigenvalue weighted by molar-refractivity contribution is 7.12. The molecule has 0 aromatic carbocycles. The molecule has 20 heavy (non-hydrogen) atoms. The van der Waals surface area contributed by atoms with E-state index in [0.717, 1.165) is 0 Å². The van der Waals surface area contributed by atoms with Crippen LogP contribution >= 0.6 is 11.3 Å². The van der Waals surface area contributed by atoms with Gasteiger partial charge in [-0.1, -0.05) is 6.07 Å². The molecule has 0 unspecified atom stereocenters. The summed E-state index contributed by atoms with van der Waals surface area (Å²) in [5.41, 5.74) is 0. The molecule has 2 rings (SSSR count). The van der Waals surface area contributed by atoms with Crippen LogP contribution in [0.25, 0.3) is 0 Å². The molecule has 1 aliphatic rings. The monoisotopic (exact) mass is 306 g/mol. The summed E-state index contributed by atoms with van der Waals surface area (Å²) >= 11 is 1.33. The SMILES string of the molecule is O=C(c1cccs1)N1CCC(NC(=O)C(F)(F)F)CC1. The number of piperidine rings is 1. The van der Waals surface area contributed by atoms with E-state index in [0.29, 0.717) is 30.8 Å². The van der Waals surface area contributed by atoms with Crippen LogP contribution < -0.4 is 5.32 Å². The van der Waals surface area contributed by atoms with Crippen molar-refractivity contribution in [1.82, 2.24) is 10.2 Å². The van der Waals surface area contributed by atoms with Gasteiger partial charge >= 0.3 is 12.1 Å². The standard InChI is InChI=1S/C12H13F3N2O2S/c13-12(14,15)11(19)16-8-3-5-17(6-4-8)10(18)9-2-1-7-20-9/h1-2,7-8H,3-6H2,(H,16,19). The number of alkyl halides is 3. The van der Waals surface area contributed by atoms with Crippen molar-refractivity contribution in [2.24, 2.45) is 0 Å². The summed E-state index contributed by atoms with van der Waals surface area (Å²) in [5.74, 6) is -2.03. The third-order valence-electron chi connectivity index (χ3n) is 3.11. The number of halogens is 3. The minimum Gasteiger partial charge on any atom is -0.345 e. The summed E-state index contributed by atoms with van der Waals surface area (Å²) in [7, 11) is 0. The van der Waals surface area contributed by atoms with Gasteiger partial charge in [0.05, 0.1) is 4.88 Å². The summed E-state index contributed by atoms with van der Waals surface area (Å²) in [4.78, 5) is 25.1. The summed E-state index contributed by atoms with van der Waals surface area (Å²) < 4.78 is 36.4. The van der Waals surface area contributed by atoms with Crippen LogP contribution in [0.15, 0.2) is 17.5 Å². The Bertz CT molecular complexity index is 479. The Labute approximate surface area is 117 Å². The number of likely N-dealkylation sites (tertiary alicyclic amines) is 1. The van der Waals surface area contributed by atoms with E-state index in [9.17, 15) is 22.8 Å². The maximum absolute atomic E-state index is 12.1. The largest absolute Gasteiger partial charge is 0.471 e. The van der Waals surface area contributed by atoms with E-state index in [1.54, 1.807) is 22.4 Å². The van der Waals surface area contributed by atoms with Crippen molar-refractivity contribution in [2.75, 3.05) is 13.1 Å². The van der Waals surface area contributed by atoms with Gasteiger partial charge in [-0.25, -0.2) is 0 Å². The van der Waals surface area contributed by atoms with E-state index < -0.39 is 18.1 Å². The summed E-state index contributed by atoms with van der Waals surface area (Å²) in [6.45, 7) is 0.694. The molecule has 1 saturated heterocycles. The molecule has 1 aliphatic heterocycles. The molecule has 1 N–H and O–H groups in total. The van der Waals surface area contributed by atoms with Crippen LogP contribution in [0.3, 0.4) is 0 Å². The van der Waals surface area contributed by atoms with Gasteiger partial charge in [-0.05, 0) is 24.3 Å². The second kappa shape index (κ2) is 5.82. The number of nitrogens with one attached hydrogen (secondary N) is 1. The number of hydrogen-bond acceptors (Lipinski definition) is 3.